The van der Waals surface area contributed by atoms with Crippen LogP contribution < -0.4 is 9.64 Å². The maximum absolute atomic E-state index is 13.5. The van der Waals surface area contributed by atoms with Gasteiger partial charge in [0.1, 0.15) is 5.75 Å². The van der Waals surface area contributed by atoms with E-state index in [1.807, 2.05) is 24.3 Å². The Bertz CT molecular complexity index is 1060. The Morgan fingerprint density at radius 2 is 1.69 bits per heavy atom. The number of carbonyl (C=O) groups is 2. The van der Waals surface area contributed by atoms with E-state index in [0.29, 0.717) is 6.42 Å². The molecule has 1 atom stereocenters. The fourth-order valence-corrected chi connectivity index (χ4v) is 5.76. The SMILES string of the molecule is CCN(CC)c1ccc(CN(C(=O)c2ccccc2OC(C)=O)C2CCS(=O)(=O)C2)cc1. The van der Waals surface area contributed by atoms with Crippen molar-refractivity contribution in [2.75, 3.05) is 29.5 Å². The summed E-state index contributed by atoms with van der Waals surface area (Å²) in [6.07, 6.45) is 0.390. The van der Waals surface area contributed by atoms with E-state index in [4.69, 9.17) is 4.74 Å². The van der Waals surface area contributed by atoms with Gasteiger partial charge in [-0.1, -0.05) is 24.3 Å². The number of hydrogen-bond acceptors (Lipinski definition) is 6. The van der Waals surface area contributed by atoms with Gasteiger partial charge in [-0.25, -0.2) is 8.42 Å². The first kappa shape index (κ1) is 23.8. The van der Waals surface area contributed by atoms with E-state index in [2.05, 4.69) is 18.7 Å². The fraction of sp³-hybridized carbons (Fsp3) is 0.417. The Labute approximate surface area is 189 Å². The highest BCUT2D eigenvalue weighted by molar-refractivity contribution is 7.91. The van der Waals surface area contributed by atoms with Crippen molar-refractivity contribution >= 4 is 27.4 Å². The van der Waals surface area contributed by atoms with Crippen molar-refractivity contribution in [3.05, 3.63) is 59.7 Å². The molecule has 0 aliphatic carbocycles. The van der Waals surface area contributed by atoms with E-state index in [1.54, 1.807) is 29.2 Å². The standard InChI is InChI=1S/C24H30N2O5S/c1-4-25(5-2)20-12-10-19(11-13-20)16-26(21-14-15-32(29,30)17-21)24(28)22-8-6-7-9-23(22)31-18(3)27/h6-13,21H,4-5,14-17H2,1-3H3. The molecule has 8 heteroatoms. The van der Waals surface area contributed by atoms with Crippen molar-refractivity contribution in [2.24, 2.45) is 0 Å². The first-order valence-electron chi connectivity index (χ1n) is 10.9. The Balaban J connectivity index is 1.92. The van der Waals surface area contributed by atoms with Gasteiger partial charge in [0.05, 0.1) is 17.1 Å². The lowest BCUT2D eigenvalue weighted by Crippen LogP contribution is -2.40. The van der Waals surface area contributed by atoms with E-state index in [1.165, 1.54) is 6.92 Å². The first-order chi connectivity index (χ1) is 15.2. The summed E-state index contributed by atoms with van der Waals surface area (Å²) < 4.78 is 29.5. The molecule has 0 aromatic heterocycles. The summed E-state index contributed by atoms with van der Waals surface area (Å²) in [7, 11) is -3.19. The minimum Gasteiger partial charge on any atom is -0.426 e. The lowest BCUT2D eigenvalue weighted by molar-refractivity contribution is -0.131. The highest BCUT2D eigenvalue weighted by atomic mass is 32.2. The number of hydrogen-bond donors (Lipinski definition) is 0. The highest BCUT2D eigenvalue weighted by Gasteiger charge is 2.36. The molecule has 0 radical (unpaired) electrons. The molecule has 172 valence electrons. The molecule has 0 N–H and O–H groups in total. The van der Waals surface area contributed by atoms with Gasteiger partial charge in [0, 0.05) is 38.3 Å². The van der Waals surface area contributed by atoms with Crippen LogP contribution in [0.25, 0.3) is 0 Å². The topological polar surface area (TPSA) is 84.0 Å². The van der Waals surface area contributed by atoms with Gasteiger partial charge in [-0.2, -0.15) is 0 Å². The van der Waals surface area contributed by atoms with Crippen LogP contribution in [0.2, 0.25) is 0 Å². The highest BCUT2D eigenvalue weighted by Crippen LogP contribution is 2.27. The molecule has 1 unspecified atom stereocenters. The van der Waals surface area contributed by atoms with Crippen LogP contribution in [0.15, 0.2) is 48.5 Å². The summed E-state index contributed by atoms with van der Waals surface area (Å²) in [6.45, 7) is 7.53. The molecule has 1 amide bonds. The number of carbonyl (C=O) groups excluding carboxylic acids is 2. The quantitative estimate of drug-likeness (QED) is 0.446. The predicted octanol–water partition coefficient (Wildman–Crippen LogP) is 3.29. The molecular formula is C24H30N2O5S. The maximum atomic E-state index is 13.5. The average Bonchev–Trinajstić information content (AvgIpc) is 3.13. The van der Waals surface area contributed by atoms with Gasteiger partial charge in [-0.15, -0.1) is 0 Å². The second-order valence-corrected chi connectivity index (χ2v) is 10.1. The summed E-state index contributed by atoms with van der Waals surface area (Å²) in [4.78, 5) is 28.9. The first-order valence-corrected chi connectivity index (χ1v) is 12.7. The molecule has 1 saturated heterocycles. The van der Waals surface area contributed by atoms with E-state index in [-0.39, 0.29) is 35.3 Å². The molecule has 1 aliphatic heterocycles. The Morgan fingerprint density at radius 1 is 1.03 bits per heavy atom. The van der Waals surface area contributed by atoms with E-state index in [0.717, 1.165) is 24.3 Å². The summed E-state index contributed by atoms with van der Waals surface area (Å²) in [5, 5.41) is 0. The molecular weight excluding hydrogens is 428 g/mol. The molecule has 1 aliphatic rings. The molecule has 1 heterocycles. The predicted molar refractivity (Wildman–Crippen MR) is 125 cm³/mol. The number of rotatable bonds is 8. The van der Waals surface area contributed by atoms with Gasteiger partial charge in [0.2, 0.25) is 0 Å². The van der Waals surface area contributed by atoms with E-state index < -0.39 is 21.8 Å². The second-order valence-electron chi connectivity index (χ2n) is 7.92. The van der Waals surface area contributed by atoms with Crippen LogP contribution in [-0.2, 0) is 21.2 Å². The summed E-state index contributed by atoms with van der Waals surface area (Å²) in [5.74, 6) is -0.698. The largest absolute Gasteiger partial charge is 0.426 e. The monoisotopic (exact) mass is 458 g/mol. The van der Waals surface area contributed by atoms with Crippen LogP contribution in [0.3, 0.4) is 0 Å². The van der Waals surface area contributed by atoms with Crippen molar-refractivity contribution in [3.8, 4) is 5.75 Å². The summed E-state index contributed by atoms with van der Waals surface area (Å²) in [6, 6.07) is 14.1. The number of ether oxygens (including phenoxy) is 1. The van der Waals surface area contributed by atoms with E-state index >= 15 is 0 Å². The van der Waals surface area contributed by atoms with Crippen molar-refractivity contribution in [1.29, 1.82) is 0 Å². The Hall–Kier alpha value is -2.87. The Morgan fingerprint density at radius 3 is 2.25 bits per heavy atom. The molecule has 2 aromatic carbocycles. The van der Waals surface area contributed by atoms with Gasteiger partial charge < -0.3 is 14.5 Å². The van der Waals surface area contributed by atoms with Gasteiger partial charge in [-0.3, -0.25) is 9.59 Å². The van der Waals surface area contributed by atoms with Gasteiger partial charge >= 0.3 is 5.97 Å². The van der Waals surface area contributed by atoms with E-state index in [9.17, 15) is 18.0 Å². The van der Waals surface area contributed by atoms with Gasteiger partial charge in [0.25, 0.3) is 5.91 Å². The molecule has 1 fully saturated rings. The normalized spacial score (nSPS) is 17.0. The van der Waals surface area contributed by atoms with Crippen LogP contribution in [-0.4, -0.2) is 55.8 Å². The van der Waals surface area contributed by atoms with Crippen LogP contribution in [0.5, 0.6) is 5.75 Å². The number of amides is 1. The molecule has 7 nitrogen and oxygen atoms in total. The third-order valence-corrected chi connectivity index (χ3v) is 7.45. The van der Waals surface area contributed by atoms with Crippen molar-refractivity contribution in [3.63, 3.8) is 0 Å². The molecule has 2 aromatic rings. The van der Waals surface area contributed by atoms with Crippen LogP contribution in [0, 0.1) is 0 Å². The zero-order valence-electron chi connectivity index (χ0n) is 18.8. The molecule has 0 saturated carbocycles. The second kappa shape index (κ2) is 10.2. The summed E-state index contributed by atoms with van der Waals surface area (Å²) in [5.41, 5.74) is 2.25. The zero-order valence-corrected chi connectivity index (χ0v) is 19.6. The molecule has 0 spiro atoms. The lowest BCUT2D eigenvalue weighted by Gasteiger charge is -2.29. The van der Waals surface area contributed by atoms with Gasteiger partial charge in [0.15, 0.2) is 9.84 Å². The van der Waals surface area contributed by atoms with Crippen LogP contribution in [0.4, 0.5) is 5.69 Å². The number of para-hydroxylation sites is 1. The van der Waals surface area contributed by atoms with Crippen molar-refractivity contribution < 1.29 is 22.7 Å². The number of esters is 1. The number of nitrogens with zero attached hydrogens (tertiary/aromatic N) is 2. The fourth-order valence-electron chi connectivity index (χ4n) is 4.03. The third-order valence-electron chi connectivity index (χ3n) is 5.70. The maximum Gasteiger partial charge on any atom is 0.308 e. The molecule has 3 rings (SSSR count). The third kappa shape index (κ3) is 5.68. The number of anilines is 1. The minimum atomic E-state index is -3.19. The summed E-state index contributed by atoms with van der Waals surface area (Å²) >= 11 is 0. The van der Waals surface area contributed by atoms with Crippen molar-refractivity contribution in [1.82, 2.24) is 4.90 Å². The number of benzene rings is 2. The average molecular weight is 459 g/mol. The zero-order chi connectivity index (χ0) is 23.3. The lowest BCUT2D eigenvalue weighted by atomic mass is 10.1. The molecule has 0 bridgehead atoms. The van der Waals surface area contributed by atoms with Gasteiger partial charge in [-0.05, 0) is 50.1 Å². The van der Waals surface area contributed by atoms with Crippen LogP contribution in [0.1, 0.15) is 43.1 Å². The van der Waals surface area contributed by atoms with Crippen LogP contribution >= 0.6 is 0 Å². The smallest absolute Gasteiger partial charge is 0.308 e. The number of sulfone groups is 1. The minimum absolute atomic E-state index is 0.0634. The Kier molecular flexibility index (Phi) is 7.56. The molecule has 32 heavy (non-hydrogen) atoms. The van der Waals surface area contributed by atoms with Crippen molar-refractivity contribution in [2.45, 2.75) is 39.8 Å².